The number of halogens is 8. The molecule has 0 radical (unpaired) electrons. The van der Waals surface area contributed by atoms with E-state index in [4.69, 9.17) is 5.73 Å². The maximum atomic E-state index is 12.7. The van der Waals surface area contributed by atoms with Gasteiger partial charge in [-0.15, -0.1) is 13.2 Å². The first-order valence-corrected chi connectivity index (χ1v) is 4.80. The second-order valence-electron chi connectivity index (χ2n) is 3.41. The highest BCUT2D eigenvalue weighted by atomic mass is 19.4. The molecule has 0 aliphatic heterocycles. The zero-order chi connectivity index (χ0) is 15.7. The summed E-state index contributed by atoms with van der Waals surface area (Å²) >= 11 is 0. The predicted octanol–water partition coefficient (Wildman–Crippen LogP) is 3.40. The zero-order valence-corrected chi connectivity index (χ0v) is 9.32. The Balaban J connectivity index is 3.61. The van der Waals surface area contributed by atoms with E-state index in [2.05, 4.69) is 9.72 Å². The molecule has 0 saturated heterocycles. The van der Waals surface area contributed by atoms with Crippen molar-refractivity contribution in [2.75, 3.05) is 0 Å². The van der Waals surface area contributed by atoms with Crippen LogP contribution in [0.25, 0.3) is 0 Å². The largest absolute Gasteiger partial charge is 0.573 e. The third-order valence-electron chi connectivity index (χ3n) is 2.07. The fraction of sp³-hybridized carbons (Fsp3) is 0.444. The Morgan fingerprint density at radius 2 is 1.70 bits per heavy atom. The summed E-state index contributed by atoms with van der Waals surface area (Å²) in [5.74, 6) is -1.86. The molecule has 1 aromatic rings. The number of nitrogens with two attached hydrogens (primary N) is 1. The molecule has 1 aromatic heterocycles. The van der Waals surface area contributed by atoms with Gasteiger partial charge in [-0.3, -0.25) is 4.98 Å². The average Bonchev–Trinajstić information content (AvgIpc) is 2.24. The van der Waals surface area contributed by atoms with Gasteiger partial charge in [0.25, 0.3) is 6.43 Å². The molecule has 0 bridgehead atoms. The Morgan fingerprint density at radius 1 is 1.15 bits per heavy atom. The summed E-state index contributed by atoms with van der Waals surface area (Å²) in [6.07, 6.45) is -14.5. The van der Waals surface area contributed by atoms with Crippen molar-refractivity contribution in [1.82, 2.24) is 4.98 Å². The Kier molecular flexibility index (Phi) is 4.42. The third kappa shape index (κ3) is 3.68. The van der Waals surface area contributed by atoms with E-state index in [-0.39, 0.29) is 6.20 Å². The third-order valence-corrected chi connectivity index (χ3v) is 2.07. The summed E-state index contributed by atoms with van der Waals surface area (Å²) in [6, 6.07) is 0. The van der Waals surface area contributed by atoms with Crippen molar-refractivity contribution >= 4 is 0 Å². The van der Waals surface area contributed by atoms with Crippen molar-refractivity contribution in [2.24, 2.45) is 5.73 Å². The maximum absolute atomic E-state index is 12.7. The second-order valence-corrected chi connectivity index (χ2v) is 3.41. The highest BCUT2D eigenvalue weighted by Crippen LogP contribution is 2.44. The first kappa shape index (κ1) is 16.4. The fourth-order valence-electron chi connectivity index (χ4n) is 1.37. The molecule has 11 heteroatoms. The fourth-order valence-corrected chi connectivity index (χ4v) is 1.37. The predicted molar refractivity (Wildman–Crippen MR) is 48.8 cm³/mol. The van der Waals surface area contributed by atoms with E-state index in [0.29, 0.717) is 0 Å². The molecule has 20 heavy (non-hydrogen) atoms. The van der Waals surface area contributed by atoms with Gasteiger partial charge in [0.2, 0.25) is 0 Å². The van der Waals surface area contributed by atoms with Crippen molar-refractivity contribution in [3.8, 4) is 5.75 Å². The highest BCUT2D eigenvalue weighted by Gasteiger charge is 2.44. The van der Waals surface area contributed by atoms with Crippen molar-refractivity contribution in [3.63, 3.8) is 0 Å². The number of alkyl halides is 8. The monoisotopic (exact) mass is 310 g/mol. The van der Waals surface area contributed by atoms with Gasteiger partial charge in [0, 0.05) is 12.7 Å². The van der Waals surface area contributed by atoms with Crippen LogP contribution in [-0.2, 0) is 12.7 Å². The summed E-state index contributed by atoms with van der Waals surface area (Å²) < 4.78 is 103. The quantitative estimate of drug-likeness (QED) is 0.871. The van der Waals surface area contributed by atoms with Crippen LogP contribution < -0.4 is 10.5 Å². The second kappa shape index (κ2) is 5.38. The molecular formula is C9H6F8N2O. The van der Waals surface area contributed by atoms with Crippen LogP contribution in [0.2, 0.25) is 0 Å². The number of ether oxygens (including phenoxy) is 1. The van der Waals surface area contributed by atoms with E-state index in [1.54, 1.807) is 0 Å². The topological polar surface area (TPSA) is 48.1 Å². The lowest BCUT2D eigenvalue weighted by Gasteiger charge is -2.20. The number of nitrogens with zero attached hydrogens (tertiary/aromatic N) is 1. The van der Waals surface area contributed by atoms with Crippen LogP contribution in [0.15, 0.2) is 6.20 Å². The minimum Gasteiger partial charge on any atom is -0.403 e. The van der Waals surface area contributed by atoms with Crippen LogP contribution in [-0.4, -0.2) is 11.3 Å². The van der Waals surface area contributed by atoms with Crippen LogP contribution >= 0.6 is 0 Å². The number of pyridine rings is 1. The normalized spacial score (nSPS) is 12.9. The molecule has 0 fully saturated rings. The zero-order valence-electron chi connectivity index (χ0n) is 9.32. The van der Waals surface area contributed by atoms with E-state index < -0.39 is 48.1 Å². The van der Waals surface area contributed by atoms with Crippen LogP contribution in [0, 0.1) is 0 Å². The molecule has 0 aliphatic carbocycles. The Labute approximate surface area is 106 Å². The SMILES string of the molecule is NCc1ncc(C(F)F)c(C(F)(F)F)c1OC(F)(F)F. The Hall–Kier alpha value is -1.65. The molecule has 1 heterocycles. The lowest BCUT2D eigenvalue weighted by Crippen LogP contribution is -2.24. The standard InChI is InChI=1S/C9H6F8N2O/c10-7(11)3-2-19-4(1-18)6(20-9(15,16)17)5(3)8(12,13)14/h2,7H,1,18H2. The summed E-state index contributed by atoms with van der Waals surface area (Å²) in [5.41, 5.74) is 0.0619. The molecule has 0 amide bonds. The van der Waals surface area contributed by atoms with E-state index in [9.17, 15) is 35.1 Å². The van der Waals surface area contributed by atoms with Gasteiger partial charge in [-0.1, -0.05) is 0 Å². The molecule has 0 aliphatic rings. The van der Waals surface area contributed by atoms with E-state index >= 15 is 0 Å². The molecule has 2 N–H and O–H groups in total. The van der Waals surface area contributed by atoms with Gasteiger partial charge in [-0.05, 0) is 0 Å². The molecule has 0 saturated carbocycles. The number of rotatable bonds is 3. The number of hydrogen-bond acceptors (Lipinski definition) is 3. The van der Waals surface area contributed by atoms with Crippen LogP contribution in [0.1, 0.15) is 23.2 Å². The van der Waals surface area contributed by atoms with Crippen LogP contribution in [0.3, 0.4) is 0 Å². The first-order valence-electron chi connectivity index (χ1n) is 4.80. The summed E-state index contributed by atoms with van der Waals surface area (Å²) in [7, 11) is 0. The van der Waals surface area contributed by atoms with Gasteiger partial charge in [0.15, 0.2) is 5.75 Å². The molecule has 0 spiro atoms. The van der Waals surface area contributed by atoms with Crippen LogP contribution in [0.5, 0.6) is 5.75 Å². The van der Waals surface area contributed by atoms with Gasteiger partial charge < -0.3 is 10.5 Å². The minimum atomic E-state index is -5.51. The molecule has 0 aromatic carbocycles. The van der Waals surface area contributed by atoms with Gasteiger partial charge >= 0.3 is 12.5 Å². The van der Waals surface area contributed by atoms with Gasteiger partial charge in [0.1, 0.15) is 5.56 Å². The van der Waals surface area contributed by atoms with Crippen molar-refractivity contribution in [3.05, 3.63) is 23.0 Å². The van der Waals surface area contributed by atoms with E-state index in [1.165, 1.54) is 0 Å². The Morgan fingerprint density at radius 3 is 2.05 bits per heavy atom. The number of hydrogen-bond donors (Lipinski definition) is 1. The summed E-state index contributed by atoms with van der Waals surface area (Å²) in [6.45, 7) is -0.849. The van der Waals surface area contributed by atoms with Crippen molar-refractivity contribution in [1.29, 1.82) is 0 Å². The summed E-state index contributed by atoms with van der Waals surface area (Å²) in [4.78, 5) is 3.05. The highest BCUT2D eigenvalue weighted by molar-refractivity contribution is 5.45. The van der Waals surface area contributed by atoms with Crippen molar-refractivity contribution in [2.45, 2.75) is 25.5 Å². The molecular weight excluding hydrogens is 304 g/mol. The molecule has 1 rings (SSSR count). The van der Waals surface area contributed by atoms with E-state index in [1.807, 2.05) is 0 Å². The van der Waals surface area contributed by atoms with Crippen molar-refractivity contribution < 1.29 is 39.9 Å². The van der Waals surface area contributed by atoms with E-state index in [0.717, 1.165) is 0 Å². The minimum absolute atomic E-state index is 0.124. The molecule has 0 unspecified atom stereocenters. The molecule has 114 valence electrons. The maximum Gasteiger partial charge on any atom is 0.573 e. The lowest BCUT2D eigenvalue weighted by atomic mass is 10.1. The van der Waals surface area contributed by atoms with Gasteiger partial charge in [-0.25, -0.2) is 8.78 Å². The molecule has 3 nitrogen and oxygen atoms in total. The van der Waals surface area contributed by atoms with Crippen LogP contribution in [0.4, 0.5) is 35.1 Å². The molecule has 0 atom stereocenters. The smallest absolute Gasteiger partial charge is 0.403 e. The lowest BCUT2D eigenvalue weighted by molar-refractivity contribution is -0.276. The number of aromatic nitrogens is 1. The Bertz CT molecular complexity index is 482. The summed E-state index contributed by atoms with van der Waals surface area (Å²) in [5, 5.41) is 0. The van der Waals surface area contributed by atoms with Gasteiger partial charge in [0.05, 0.1) is 11.3 Å². The first-order chi connectivity index (χ1) is 8.97. The van der Waals surface area contributed by atoms with Gasteiger partial charge in [-0.2, -0.15) is 13.2 Å². The average molecular weight is 310 g/mol.